The fraction of sp³-hybridized carbons (Fsp3) is 0.0435. The van der Waals surface area contributed by atoms with Crippen LogP contribution in [0.15, 0.2) is 84.9 Å². The summed E-state index contributed by atoms with van der Waals surface area (Å²) in [5, 5.41) is 1.14. The van der Waals surface area contributed by atoms with Crippen molar-refractivity contribution >= 4 is 22.6 Å². The van der Waals surface area contributed by atoms with Gasteiger partial charge in [0.2, 0.25) is 0 Å². The summed E-state index contributed by atoms with van der Waals surface area (Å²) in [6.45, 7) is 0. The number of hydrogen-bond acceptors (Lipinski definition) is 1. The van der Waals surface area contributed by atoms with Gasteiger partial charge in [0.1, 0.15) is 5.75 Å². The number of ether oxygens (including phenoxy) is 1. The molecule has 122 valence electrons. The average molecular weight is 325 g/mol. The lowest BCUT2D eigenvalue weighted by Crippen LogP contribution is -1.88. The van der Waals surface area contributed by atoms with Crippen LogP contribution in [0.4, 0.5) is 0 Å². The zero-order valence-electron chi connectivity index (χ0n) is 14.1. The highest BCUT2D eigenvalue weighted by Gasteiger charge is 2.09. The predicted molar refractivity (Wildman–Crippen MR) is 105 cm³/mol. The molecule has 0 unspecified atom stereocenters. The van der Waals surface area contributed by atoms with Gasteiger partial charge in [0, 0.05) is 22.2 Å². The molecule has 0 aliphatic heterocycles. The van der Waals surface area contributed by atoms with E-state index < -0.39 is 0 Å². The van der Waals surface area contributed by atoms with Crippen molar-refractivity contribution in [1.29, 1.82) is 0 Å². The third-order valence-electron chi connectivity index (χ3n) is 4.31. The van der Waals surface area contributed by atoms with Crippen LogP contribution < -0.4 is 4.74 Å². The third kappa shape index (κ3) is 3.20. The quantitative estimate of drug-likeness (QED) is 0.474. The second-order valence-electron chi connectivity index (χ2n) is 5.97. The number of rotatable bonds is 4. The van der Waals surface area contributed by atoms with E-state index in [0.717, 1.165) is 22.3 Å². The molecular weight excluding hydrogens is 306 g/mol. The SMILES string of the molecule is COc1ccc2[nH]c(/C(=C/c3ccccc3)c3ccccc3)cc2c1. The fourth-order valence-electron chi connectivity index (χ4n) is 3.03. The zero-order valence-corrected chi connectivity index (χ0v) is 14.1. The van der Waals surface area contributed by atoms with E-state index in [4.69, 9.17) is 4.74 Å². The molecule has 0 atom stereocenters. The topological polar surface area (TPSA) is 25.0 Å². The van der Waals surface area contributed by atoms with E-state index in [0.29, 0.717) is 0 Å². The highest BCUT2D eigenvalue weighted by Crippen LogP contribution is 2.29. The number of fused-ring (bicyclic) bond motifs is 1. The average Bonchev–Trinajstić information content (AvgIpc) is 3.10. The van der Waals surface area contributed by atoms with Gasteiger partial charge in [-0.3, -0.25) is 0 Å². The lowest BCUT2D eigenvalue weighted by atomic mass is 10.00. The van der Waals surface area contributed by atoms with Crippen molar-refractivity contribution in [3.05, 3.63) is 102 Å². The molecule has 1 N–H and O–H groups in total. The molecule has 0 saturated heterocycles. The summed E-state index contributed by atoms with van der Waals surface area (Å²) in [4.78, 5) is 3.54. The zero-order chi connectivity index (χ0) is 17.1. The van der Waals surface area contributed by atoms with Crippen molar-refractivity contribution < 1.29 is 4.74 Å². The summed E-state index contributed by atoms with van der Waals surface area (Å²) in [6.07, 6.45) is 2.22. The minimum Gasteiger partial charge on any atom is -0.497 e. The van der Waals surface area contributed by atoms with Crippen LogP contribution in [0.2, 0.25) is 0 Å². The summed E-state index contributed by atoms with van der Waals surface area (Å²) in [5.74, 6) is 0.867. The van der Waals surface area contributed by atoms with Crippen LogP contribution in [0.5, 0.6) is 5.75 Å². The van der Waals surface area contributed by atoms with E-state index >= 15 is 0 Å². The maximum atomic E-state index is 5.34. The van der Waals surface area contributed by atoms with Gasteiger partial charge in [-0.05, 0) is 41.5 Å². The van der Waals surface area contributed by atoms with E-state index in [9.17, 15) is 0 Å². The molecule has 25 heavy (non-hydrogen) atoms. The van der Waals surface area contributed by atoms with Gasteiger partial charge in [-0.15, -0.1) is 0 Å². The van der Waals surface area contributed by atoms with Crippen molar-refractivity contribution in [1.82, 2.24) is 4.98 Å². The smallest absolute Gasteiger partial charge is 0.119 e. The Bertz CT molecular complexity index is 1010. The maximum Gasteiger partial charge on any atom is 0.119 e. The number of methoxy groups -OCH3 is 1. The van der Waals surface area contributed by atoms with Crippen LogP contribution in [0.3, 0.4) is 0 Å². The van der Waals surface area contributed by atoms with Crippen molar-refractivity contribution in [2.75, 3.05) is 7.11 Å². The molecular formula is C23H19NO. The van der Waals surface area contributed by atoms with Crippen LogP contribution >= 0.6 is 0 Å². The number of H-pyrrole nitrogens is 1. The molecule has 4 rings (SSSR count). The normalized spacial score (nSPS) is 11.6. The Balaban J connectivity index is 1.87. The summed E-state index contributed by atoms with van der Waals surface area (Å²) >= 11 is 0. The number of nitrogens with one attached hydrogen (secondary N) is 1. The summed E-state index contributed by atoms with van der Waals surface area (Å²) in [6, 6.07) is 29.1. The summed E-state index contributed by atoms with van der Waals surface area (Å²) in [7, 11) is 1.69. The molecule has 0 saturated carbocycles. The molecule has 2 heteroatoms. The van der Waals surface area contributed by atoms with Crippen LogP contribution in [-0.2, 0) is 0 Å². The Hall–Kier alpha value is -3.26. The van der Waals surface area contributed by atoms with Crippen LogP contribution in [0.25, 0.3) is 22.6 Å². The van der Waals surface area contributed by atoms with Gasteiger partial charge in [0.15, 0.2) is 0 Å². The number of benzene rings is 3. The van der Waals surface area contributed by atoms with Gasteiger partial charge in [0.25, 0.3) is 0 Å². The molecule has 3 aromatic carbocycles. The first-order chi connectivity index (χ1) is 12.3. The van der Waals surface area contributed by atoms with E-state index in [1.54, 1.807) is 7.11 Å². The molecule has 1 aromatic heterocycles. The Morgan fingerprint density at radius 1 is 0.840 bits per heavy atom. The molecule has 0 fully saturated rings. The lowest BCUT2D eigenvalue weighted by molar-refractivity contribution is 0.415. The molecule has 0 spiro atoms. The largest absolute Gasteiger partial charge is 0.497 e. The molecule has 2 nitrogen and oxygen atoms in total. The first kappa shape index (κ1) is 15.3. The van der Waals surface area contributed by atoms with E-state index in [1.165, 1.54) is 16.7 Å². The van der Waals surface area contributed by atoms with Gasteiger partial charge in [-0.2, -0.15) is 0 Å². The van der Waals surface area contributed by atoms with E-state index in [1.807, 2.05) is 18.2 Å². The van der Waals surface area contributed by atoms with Crippen molar-refractivity contribution in [3.8, 4) is 5.75 Å². The molecule has 0 aliphatic rings. The van der Waals surface area contributed by atoms with Crippen LogP contribution in [0.1, 0.15) is 16.8 Å². The van der Waals surface area contributed by atoms with Crippen LogP contribution in [0, 0.1) is 0 Å². The van der Waals surface area contributed by atoms with Crippen molar-refractivity contribution in [3.63, 3.8) is 0 Å². The van der Waals surface area contributed by atoms with Gasteiger partial charge in [-0.1, -0.05) is 60.7 Å². The van der Waals surface area contributed by atoms with Crippen LogP contribution in [-0.4, -0.2) is 12.1 Å². The Morgan fingerprint density at radius 3 is 2.28 bits per heavy atom. The van der Waals surface area contributed by atoms with Gasteiger partial charge in [0.05, 0.1) is 7.11 Å². The first-order valence-electron chi connectivity index (χ1n) is 8.33. The number of aromatic amines is 1. The van der Waals surface area contributed by atoms with Crippen molar-refractivity contribution in [2.45, 2.75) is 0 Å². The minimum absolute atomic E-state index is 0.867. The minimum atomic E-state index is 0.867. The van der Waals surface area contributed by atoms with Gasteiger partial charge in [-0.25, -0.2) is 0 Å². The summed E-state index contributed by atoms with van der Waals surface area (Å²) < 4.78 is 5.34. The Kier molecular flexibility index (Phi) is 4.09. The van der Waals surface area contributed by atoms with Gasteiger partial charge >= 0.3 is 0 Å². The molecule has 0 bridgehead atoms. The second kappa shape index (κ2) is 6.70. The third-order valence-corrected chi connectivity index (χ3v) is 4.31. The van der Waals surface area contributed by atoms with Gasteiger partial charge < -0.3 is 9.72 Å². The molecule has 0 amide bonds. The number of hydrogen-bond donors (Lipinski definition) is 1. The second-order valence-corrected chi connectivity index (χ2v) is 5.97. The highest BCUT2D eigenvalue weighted by molar-refractivity contribution is 5.95. The molecule has 0 aliphatic carbocycles. The monoisotopic (exact) mass is 325 g/mol. The molecule has 1 heterocycles. The predicted octanol–water partition coefficient (Wildman–Crippen LogP) is 5.77. The van der Waals surface area contributed by atoms with Crippen molar-refractivity contribution in [2.24, 2.45) is 0 Å². The summed E-state index contributed by atoms with van der Waals surface area (Å²) in [5.41, 5.74) is 5.73. The van der Waals surface area contributed by atoms with E-state index in [-0.39, 0.29) is 0 Å². The first-order valence-corrected chi connectivity index (χ1v) is 8.33. The Labute approximate surface area is 147 Å². The molecule has 4 aromatic rings. The number of aromatic nitrogens is 1. The van der Waals surface area contributed by atoms with E-state index in [2.05, 4.69) is 77.8 Å². The standard InChI is InChI=1S/C23H19NO/c1-25-20-12-13-22-19(15-20)16-23(24-22)21(18-10-6-3-7-11-18)14-17-8-4-2-5-9-17/h2-16,24H,1H3/b21-14+. The lowest BCUT2D eigenvalue weighted by Gasteiger charge is -2.06. The molecule has 0 radical (unpaired) electrons. The maximum absolute atomic E-state index is 5.34. The fourth-order valence-corrected chi connectivity index (χ4v) is 3.03. The highest BCUT2D eigenvalue weighted by atomic mass is 16.5. The Morgan fingerprint density at radius 2 is 1.56 bits per heavy atom.